The minimum atomic E-state index is 0.0744. The molecule has 0 N–H and O–H groups in total. The molecule has 1 aliphatic heterocycles. The van der Waals surface area contributed by atoms with Gasteiger partial charge in [-0.2, -0.15) is 0 Å². The maximum Gasteiger partial charge on any atom is 0.270 e. The van der Waals surface area contributed by atoms with Gasteiger partial charge in [-0.05, 0) is 30.7 Å². The summed E-state index contributed by atoms with van der Waals surface area (Å²) in [4.78, 5) is 14.6. The van der Waals surface area contributed by atoms with Crippen molar-refractivity contribution >= 4 is 17.5 Å². The smallest absolute Gasteiger partial charge is 0.270 e. The number of carbonyl (C=O) groups is 1. The number of carbonyl (C=O) groups excluding carboxylic acids is 1. The molecule has 3 rings (SSSR count). The first-order chi connectivity index (χ1) is 10.7. The van der Waals surface area contributed by atoms with Gasteiger partial charge in [-0.3, -0.25) is 4.79 Å². The van der Waals surface area contributed by atoms with E-state index in [4.69, 9.17) is 16.3 Å². The summed E-state index contributed by atoms with van der Waals surface area (Å²) in [5, 5.41) is 0.711. The third-order valence-corrected chi connectivity index (χ3v) is 4.18. The van der Waals surface area contributed by atoms with Gasteiger partial charge in [0.05, 0.1) is 13.2 Å². The Hall–Kier alpha value is -1.78. The summed E-state index contributed by atoms with van der Waals surface area (Å²) in [5.41, 5.74) is 2.83. The lowest BCUT2D eigenvalue weighted by atomic mass is 10.1. The highest BCUT2D eigenvalue weighted by Gasteiger charge is 2.22. The molecule has 1 fully saturated rings. The molecule has 0 atom stereocenters. The SMILES string of the molecule is CCn1cc(-c2ccc(Cl)cc2)cc1C(=O)N1CCOCC1. The predicted octanol–water partition coefficient (Wildman–Crippen LogP) is 3.30. The topological polar surface area (TPSA) is 34.5 Å². The van der Waals surface area contributed by atoms with E-state index in [9.17, 15) is 4.79 Å². The number of aryl methyl sites for hydroxylation is 1. The zero-order chi connectivity index (χ0) is 15.5. The van der Waals surface area contributed by atoms with Crippen LogP contribution in [0, 0.1) is 0 Å². The quantitative estimate of drug-likeness (QED) is 0.870. The molecule has 0 unspecified atom stereocenters. The van der Waals surface area contributed by atoms with Crippen LogP contribution in [0.1, 0.15) is 17.4 Å². The van der Waals surface area contributed by atoms with E-state index in [0.29, 0.717) is 31.3 Å². The lowest BCUT2D eigenvalue weighted by molar-refractivity contribution is 0.0296. The highest BCUT2D eigenvalue weighted by atomic mass is 35.5. The van der Waals surface area contributed by atoms with Gasteiger partial charge in [0.25, 0.3) is 5.91 Å². The normalized spacial score (nSPS) is 15.1. The van der Waals surface area contributed by atoms with Crippen LogP contribution in [0.25, 0.3) is 11.1 Å². The number of rotatable bonds is 3. The molecule has 1 saturated heterocycles. The maximum absolute atomic E-state index is 12.7. The molecule has 0 bridgehead atoms. The molecule has 1 amide bonds. The maximum atomic E-state index is 12.7. The molecular weight excluding hydrogens is 300 g/mol. The zero-order valence-corrected chi connectivity index (χ0v) is 13.3. The second kappa shape index (κ2) is 6.55. The minimum Gasteiger partial charge on any atom is -0.378 e. The third kappa shape index (κ3) is 3.03. The highest BCUT2D eigenvalue weighted by Crippen LogP contribution is 2.25. The molecule has 2 heterocycles. The van der Waals surface area contributed by atoms with Gasteiger partial charge >= 0.3 is 0 Å². The Labute approximate surface area is 135 Å². The molecule has 22 heavy (non-hydrogen) atoms. The van der Waals surface area contributed by atoms with E-state index in [0.717, 1.165) is 23.4 Å². The van der Waals surface area contributed by atoms with Gasteiger partial charge in [-0.25, -0.2) is 0 Å². The van der Waals surface area contributed by atoms with Crippen LogP contribution in [0.5, 0.6) is 0 Å². The molecule has 1 aromatic carbocycles. The number of morpholine rings is 1. The van der Waals surface area contributed by atoms with Crippen LogP contribution < -0.4 is 0 Å². The van der Waals surface area contributed by atoms with Gasteiger partial charge in [0.2, 0.25) is 0 Å². The first-order valence-corrected chi connectivity index (χ1v) is 7.90. The van der Waals surface area contributed by atoms with Crippen LogP contribution in [0.15, 0.2) is 36.5 Å². The summed E-state index contributed by atoms with van der Waals surface area (Å²) in [5.74, 6) is 0.0744. The average molecular weight is 319 g/mol. The number of benzene rings is 1. The highest BCUT2D eigenvalue weighted by molar-refractivity contribution is 6.30. The van der Waals surface area contributed by atoms with Crippen LogP contribution in [-0.4, -0.2) is 41.7 Å². The van der Waals surface area contributed by atoms with Crippen molar-refractivity contribution in [2.45, 2.75) is 13.5 Å². The van der Waals surface area contributed by atoms with E-state index < -0.39 is 0 Å². The van der Waals surface area contributed by atoms with E-state index in [-0.39, 0.29) is 5.91 Å². The predicted molar refractivity (Wildman–Crippen MR) is 87.3 cm³/mol. The fourth-order valence-corrected chi connectivity index (χ4v) is 2.81. The van der Waals surface area contributed by atoms with Crippen LogP contribution in [0.4, 0.5) is 0 Å². The Morgan fingerprint density at radius 1 is 1.18 bits per heavy atom. The van der Waals surface area contributed by atoms with Gasteiger partial charge in [-0.15, -0.1) is 0 Å². The molecule has 2 aromatic rings. The van der Waals surface area contributed by atoms with Crippen molar-refractivity contribution in [2.24, 2.45) is 0 Å². The summed E-state index contributed by atoms with van der Waals surface area (Å²) in [7, 11) is 0. The molecule has 1 aliphatic rings. The minimum absolute atomic E-state index is 0.0744. The molecule has 116 valence electrons. The van der Waals surface area contributed by atoms with Crippen LogP contribution in [0.2, 0.25) is 5.02 Å². The molecule has 1 aromatic heterocycles. The number of amides is 1. The average Bonchev–Trinajstić information content (AvgIpc) is 3.00. The Balaban J connectivity index is 1.90. The molecule has 0 aliphatic carbocycles. The van der Waals surface area contributed by atoms with Crippen molar-refractivity contribution in [3.8, 4) is 11.1 Å². The van der Waals surface area contributed by atoms with Crippen molar-refractivity contribution in [1.29, 1.82) is 0 Å². The summed E-state index contributed by atoms with van der Waals surface area (Å²) in [6, 6.07) is 9.64. The number of ether oxygens (including phenoxy) is 1. The third-order valence-electron chi connectivity index (χ3n) is 3.93. The van der Waals surface area contributed by atoms with E-state index in [1.54, 1.807) is 0 Å². The monoisotopic (exact) mass is 318 g/mol. The van der Waals surface area contributed by atoms with Crippen molar-refractivity contribution in [3.05, 3.63) is 47.2 Å². The lowest BCUT2D eigenvalue weighted by Gasteiger charge is -2.27. The summed E-state index contributed by atoms with van der Waals surface area (Å²) >= 11 is 5.94. The van der Waals surface area contributed by atoms with Gasteiger partial charge in [0.1, 0.15) is 5.69 Å². The van der Waals surface area contributed by atoms with Crippen LogP contribution in [0.3, 0.4) is 0 Å². The molecular formula is C17H19ClN2O2. The Kier molecular flexibility index (Phi) is 4.50. The lowest BCUT2D eigenvalue weighted by Crippen LogP contribution is -2.41. The largest absolute Gasteiger partial charge is 0.378 e. The van der Waals surface area contributed by atoms with Crippen molar-refractivity contribution in [3.63, 3.8) is 0 Å². The van der Waals surface area contributed by atoms with E-state index in [1.807, 2.05) is 52.9 Å². The first kappa shape index (κ1) is 15.1. The Bertz CT molecular complexity index is 658. The summed E-state index contributed by atoms with van der Waals surface area (Å²) in [6.07, 6.45) is 2.02. The second-order valence-electron chi connectivity index (χ2n) is 5.31. The first-order valence-electron chi connectivity index (χ1n) is 7.52. The van der Waals surface area contributed by atoms with Gasteiger partial charge in [0, 0.05) is 36.4 Å². The van der Waals surface area contributed by atoms with Gasteiger partial charge in [0.15, 0.2) is 0 Å². The van der Waals surface area contributed by atoms with Crippen molar-refractivity contribution in [2.75, 3.05) is 26.3 Å². The fourth-order valence-electron chi connectivity index (χ4n) is 2.68. The molecule has 4 nitrogen and oxygen atoms in total. The number of hydrogen-bond acceptors (Lipinski definition) is 2. The number of halogens is 1. The standard InChI is InChI=1S/C17H19ClN2O2/c1-2-19-12-14(13-3-5-15(18)6-4-13)11-16(19)17(21)20-7-9-22-10-8-20/h3-6,11-12H,2,7-10H2,1H3. The Morgan fingerprint density at radius 3 is 2.50 bits per heavy atom. The number of nitrogens with zero attached hydrogens (tertiary/aromatic N) is 2. The molecule has 0 spiro atoms. The Morgan fingerprint density at radius 2 is 1.86 bits per heavy atom. The molecule has 0 saturated carbocycles. The van der Waals surface area contributed by atoms with Gasteiger partial charge < -0.3 is 14.2 Å². The van der Waals surface area contributed by atoms with E-state index >= 15 is 0 Å². The van der Waals surface area contributed by atoms with Crippen LogP contribution >= 0.6 is 11.6 Å². The van der Waals surface area contributed by atoms with E-state index in [2.05, 4.69) is 0 Å². The van der Waals surface area contributed by atoms with Crippen molar-refractivity contribution in [1.82, 2.24) is 9.47 Å². The van der Waals surface area contributed by atoms with Gasteiger partial charge in [-0.1, -0.05) is 23.7 Å². The second-order valence-corrected chi connectivity index (χ2v) is 5.75. The molecule has 5 heteroatoms. The number of hydrogen-bond donors (Lipinski definition) is 0. The fraction of sp³-hybridized carbons (Fsp3) is 0.353. The van der Waals surface area contributed by atoms with Crippen LogP contribution in [-0.2, 0) is 11.3 Å². The molecule has 0 radical (unpaired) electrons. The zero-order valence-electron chi connectivity index (χ0n) is 12.6. The summed E-state index contributed by atoms with van der Waals surface area (Å²) < 4.78 is 7.32. The van der Waals surface area contributed by atoms with Crippen molar-refractivity contribution < 1.29 is 9.53 Å². The number of aromatic nitrogens is 1. The summed E-state index contributed by atoms with van der Waals surface area (Å²) in [6.45, 7) is 5.35. The van der Waals surface area contributed by atoms with E-state index in [1.165, 1.54) is 0 Å².